The van der Waals surface area contributed by atoms with Crippen molar-refractivity contribution < 1.29 is 14.3 Å². The molecule has 5 rings (SSSR count). The first-order valence-electron chi connectivity index (χ1n) is 13.4. The van der Waals surface area contributed by atoms with E-state index in [1.807, 2.05) is 23.1 Å². The number of halogens is 3. The van der Waals surface area contributed by atoms with E-state index in [-0.39, 0.29) is 24.3 Å². The van der Waals surface area contributed by atoms with Gasteiger partial charge in [-0.1, -0.05) is 40.0 Å². The van der Waals surface area contributed by atoms with Gasteiger partial charge in [0.25, 0.3) is 5.91 Å². The monoisotopic (exact) mass is 616 g/mol. The fourth-order valence-corrected chi connectivity index (χ4v) is 6.34. The Bertz CT molecular complexity index is 1580. The van der Waals surface area contributed by atoms with Crippen LogP contribution in [0, 0.1) is 19.8 Å². The third-order valence-electron chi connectivity index (χ3n) is 7.75. The molecule has 0 unspecified atom stereocenters. The molecule has 1 saturated heterocycles. The molecule has 216 valence electrons. The van der Waals surface area contributed by atoms with E-state index in [0.717, 1.165) is 17.4 Å². The average Bonchev–Trinajstić information content (AvgIpc) is 3.51. The molecule has 0 saturated carbocycles. The van der Waals surface area contributed by atoms with E-state index in [2.05, 4.69) is 34.0 Å². The van der Waals surface area contributed by atoms with E-state index in [1.54, 1.807) is 25.4 Å². The largest absolute Gasteiger partial charge is 0.383 e. The summed E-state index contributed by atoms with van der Waals surface area (Å²) in [6.45, 7) is 6.82. The molecular formula is C29H31Cl3N6O3. The molecule has 2 aromatic heterocycles. The minimum Gasteiger partial charge on any atom is -0.383 e. The topological polar surface area (TPSA) is 94.3 Å². The molecule has 1 fully saturated rings. The highest BCUT2D eigenvalue weighted by atomic mass is 35.5. The fraction of sp³-hybridized carbons (Fsp3) is 0.379. The Balaban J connectivity index is 1.17. The van der Waals surface area contributed by atoms with Crippen molar-refractivity contribution in [3.8, 4) is 5.69 Å². The van der Waals surface area contributed by atoms with Crippen molar-refractivity contribution in [2.45, 2.75) is 39.8 Å². The Morgan fingerprint density at radius 2 is 1.78 bits per heavy atom. The van der Waals surface area contributed by atoms with Crippen molar-refractivity contribution in [3.63, 3.8) is 0 Å². The first kappa shape index (κ1) is 29.4. The Labute approximate surface area is 253 Å². The van der Waals surface area contributed by atoms with Gasteiger partial charge in [0, 0.05) is 59.8 Å². The van der Waals surface area contributed by atoms with Crippen LogP contribution in [0.3, 0.4) is 0 Å². The number of fused-ring (bicyclic) bond motifs is 1. The zero-order valence-electron chi connectivity index (χ0n) is 23.1. The number of hydrogen-bond acceptors (Lipinski definition) is 5. The van der Waals surface area contributed by atoms with Crippen molar-refractivity contribution in [2.75, 3.05) is 26.8 Å². The minimum atomic E-state index is -0.184. The predicted octanol–water partition coefficient (Wildman–Crippen LogP) is 5.61. The van der Waals surface area contributed by atoms with Gasteiger partial charge in [-0.15, -0.1) is 5.10 Å². The van der Waals surface area contributed by atoms with E-state index < -0.39 is 0 Å². The molecule has 12 heteroatoms. The second-order valence-electron chi connectivity index (χ2n) is 10.2. The van der Waals surface area contributed by atoms with Crippen LogP contribution in [0.1, 0.15) is 40.2 Å². The van der Waals surface area contributed by atoms with Gasteiger partial charge in [-0.2, -0.15) is 0 Å². The highest BCUT2D eigenvalue weighted by molar-refractivity contribution is 6.40. The fourth-order valence-electron chi connectivity index (χ4n) is 5.35. The quantitative estimate of drug-likeness (QED) is 0.277. The number of benzene rings is 2. The lowest BCUT2D eigenvalue weighted by molar-refractivity contribution is -0.126. The van der Waals surface area contributed by atoms with E-state index in [4.69, 9.17) is 39.5 Å². The third kappa shape index (κ3) is 6.09. The van der Waals surface area contributed by atoms with Crippen molar-refractivity contribution in [2.24, 2.45) is 5.92 Å². The summed E-state index contributed by atoms with van der Waals surface area (Å²) in [5.74, 6) is -0.265. The molecule has 41 heavy (non-hydrogen) atoms. The van der Waals surface area contributed by atoms with Crippen LogP contribution < -0.4 is 5.32 Å². The maximum atomic E-state index is 13.3. The molecule has 0 radical (unpaired) electrons. The van der Waals surface area contributed by atoms with Crippen molar-refractivity contribution in [1.82, 2.24) is 29.8 Å². The average molecular weight is 618 g/mol. The van der Waals surface area contributed by atoms with Gasteiger partial charge in [0.2, 0.25) is 5.91 Å². The molecular weight excluding hydrogens is 587 g/mol. The number of carbonyl (C=O) groups excluding carboxylic acids is 2. The lowest BCUT2D eigenvalue weighted by Gasteiger charge is -2.31. The summed E-state index contributed by atoms with van der Waals surface area (Å²) < 4.78 is 8.95. The van der Waals surface area contributed by atoms with Gasteiger partial charge in [0.05, 0.1) is 29.4 Å². The molecule has 3 heterocycles. The van der Waals surface area contributed by atoms with Crippen LogP contribution in [0.15, 0.2) is 36.5 Å². The summed E-state index contributed by atoms with van der Waals surface area (Å²) in [6.07, 6.45) is 2.84. The number of carbonyl (C=O) groups is 2. The van der Waals surface area contributed by atoms with Gasteiger partial charge in [-0.3, -0.25) is 9.59 Å². The number of methoxy groups -OCH3 is 1. The molecule has 0 atom stereocenters. The van der Waals surface area contributed by atoms with Gasteiger partial charge in [-0.25, -0.2) is 4.68 Å². The number of piperidine rings is 1. The number of likely N-dealkylation sites (tertiary alicyclic amines) is 1. The molecule has 1 aliphatic rings. The van der Waals surface area contributed by atoms with Gasteiger partial charge in [0.1, 0.15) is 11.4 Å². The predicted molar refractivity (Wildman–Crippen MR) is 160 cm³/mol. The number of aryl methyl sites for hydroxylation is 1. The lowest BCUT2D eigenvalue weighted by atomic mass is 9.95. The Hall–Kier alpha value is -3.11. The Morgan fingerprint density at radius 1 is 1.07 bits per heavy atom. The van der Waals surface area contributed by atoms with Crippen molar-refractivity contribution in [1.29, 1.82) is 0 Å². The summed E-state index contributed by atoms with van der Waals surface area (Å²) in [6, 6.07) is 9.05. The number of nitrogens with one attached hydrogen (secondary N) is 1. The molecule has 0 aliphatic carbocycles. The lowest BCUT2D eigenvalue weighted by Crippen LogP contribution is -2.43. The summed E-state index contributed by atoms with van der Waals surface area (Å²) in [5, 5.41) is 13.3. The van der Waals surface area contributed by atoms with Crippen LogP contribution in [0.5, 0.6) is 0 Å². The summed E-state index contributed by atoms with van der Waals surface area (Å²) in [5.41, 5.74) is 5.13. The number of ether oxygens (including phenoxy) is 1. The molecule has 2 amide bonds. The van der Waals surface area contributed by atoms with E-state index >= 15 is 0 Å². The van der Waals surface area contributed by atoms with Crippen LogP contribution in [-0.2, 0) is 22.6 Å². The normalized spacial score (nSPS) is 14.1. The van der Waals surface area contributed by atoms with Crippen LogP contribution >= 0.6 is 34.8 Å². The number of amides is 2. The van der Waals surface area contributed by atoms with Crippen LogP contribution in [0.4, 0.5) is 0 Å². The zero-order valence-corrected chi connectivity index (χ0v) is 25.4. The summed E-state index contributed by atoms with van der Waals surface area (Å²) >= 11 is 18.5. The SMILES string of the molecule is COCCn1c(C)c(C)c2cc(C(=O)N3CCC(C(=O)NCc4cn(-c5c(Cl)cc(Cl)cc5Cl)nn4)CC3)ccc21. The van der Waals surface area contributed by atoms with E-state index in [1.165, 1.54) is 15.9 Å². The summed E-state index contributed by atoms with van der Waals surface area (Å²) in [7, 11) is 1.70. The smallest absolute Gasteiger partial charge is 0.253 e. The molecule has 2 aromatic carbocycles. The first-order valence-corrected chi connectivity index (χ1v) is 14.5. The molecule has 0 bridgehead atoms. The van der Waals surface area contributed by atoms with Gasteiger partial charge >= 0.3 is 0 Å². The maximum Gasteiger partial charge on any atom is 0.253 e. The van der Waals surface area contributed by atoms with Gasteiger partial charge < -0.3 is 19.5 Å². The molecule has 1 aliphatic heterocycles. The zero-order chi connectivity index (χ0) is 29.3. The van der Waals surface area contributed by atoms with Crippen LogP contribution in [0.25, 0.3) is 16.6 Å². The second kappa shape index (κ2) is 12.4. The van der Waals surface area contributed by atoms with E-state index in [0.29, 0.717) is 64.6 Å². The standard InChI is InChI=1S/C29H31Cl3N6O3/c1-17-18(2)37(10-11-41-3)26-5-4-20(12-23(17)26)29(40)36-8-6-19(7-9-36)28(39)33-15-22-16-38(35-34-22)27-24(31)13-21(30)14-25(27)32/h4-5,12-14,16,19H,6-11,15H2,1-3H3,(H,33,39). The van der Waals surface area contributed by atoms with E-state index in [9.17, 15) is 9.59 Å². The minimum absolute atomic E-state index is 0.0106. The number of aromatic nitrogens is 4. The first-order chi connectivity index (χ1) is 19.7. The molecule has 4 aromatic rings. The second-order valence-corrected chi connectivity index (χ2v) is 11.5. The van der Waals surface area contributed by atoms with Crippen molar-refractivity contribution in [3.05, 3.63) is 74.1 Å². The highest BCUT2D eigenvalue weighted by Crippen LogP contribution is 2.32. The van der Waals surface area contributed by atoms with Crippen molar-refractivity contribution >= 4 is 57.5 Å². The number of rotatable bonds is 8. The maximum absolute atomic E-state index is 13.3. The molecule has 9 nitrogen and oxygen atoms in total. The van der Waals surface area contributed by atoms with Crippen LogP contribution in [-0.4, -0.2) is 63.1 Å². The highest BCUT2D eigenvalue weighted by Gasteiger charge is 2.28. The molecule has 1 N–H and O–H groups in total. The number of hydrogen-bond donors (Lipinski definition) is 1. The Kier molecular flexibility index (Phi) is 8.89. The third-order valence-corrected chi connectivity index (χ3v) is 8.55. The Morgan fingerprint density at radius 3 is 2.46 bits per heavy atom. The molecule has 0 spiro atoms. The van der Waals surface area contributed by atoms with Crippen LogP contribution in [0.2, 0.25) is 15.1 Å². The summed E-state index contributed by atoms with van der Waals surface area (Å²) in [4.78, 5) is 28.1. The van der Waals surface area contributed by atoms with Gasteiger partial charge in [0.15, 0.2) is 0 Å². The van der Waals surface area contributed by atoms with Gasteiger partial charge in [-0.05, 0) is 62.6 Å². The number of nitrogens with zero attached hydrogens (tertiary/aromatic N) is 5.